The molecule has 0 aliphatic carbocycles. The molecular weight excluding hydrogens is 184 g/mol. The largest absolute Gasteiger partial charge is 0.265 e. The molecule has 0 radical (unpaired) electrons. The highest BCUT2D eigenvalue weighted by atomic mass is 16.6. The molecule has 0 saturated heterocycles. The van der Waals surface area contributed by atoms with Crippen molar-refractivity contribution in [1.29, 1.82) is 0 Å². The number of aromatic nitrogens is 3. The average Bonchev–Trinajstić information content (AvgIpc) is 2.61. The third-order valence-electron chi connectivity index (χ3n) is 1.88. The fraction of sp³-hybridized carbons (Fsp3) is 0.250. The van der Waals surface area contributed by atoms with E-state index in [1.807, 2.05) is 0 Å². The van der Waals surface area contributed by atoms with Gasteiger partial charge in [0.05, 0.1) is 6.20 Å². The Bertz CT molecular complexity index is 465. The summed E-state index contributed by atoms with van der Waals surface area (Å²) in [5.41, 5.74) is 1.56. The minimum atomic E-state index is -0.340. The Morgan fingerprint density at radius 3 is 3.21 bits per heavy atom. The van der Waals surface area contributed by atoms with E-state index in [9.17, 15) is 10.1 Å². The highest BCUT2D eigenvalue weighted by Crippen LogP contribution is 2.02. The lowest BCUT2D eigenvalue weighted by atomic mass is 10.2. The molecule has 72 valence electrons. The normalized spacial score (nSPS) is 10.6. The van der Waals surface area contributed by atoms with Gasteiger partial charge in [0.25, 0.3) is 0 Å². The summed E-state index contributed by atoms with van der Waals surface area (Å²) in [6, 6.07) is 1.78. The van der Waals surface area contributed by atoms with Crippen LogP contribution in [0.15, 0.2) is 24.7 Å². The van der Waals surface area contributed by atoms with Crippen LogP contribution in [0.2, 0.25) is 0 Å². The zero-order chi connectivity index (χ0) is 9.97. The molecule has 0 saturated carbocycles. The van der Waals surface area contributed by atoms with E-state index in [-0.39, 0.29) is 11.5 Å². The van der Waals surface area contributed by atoms with E-state index in [4.69, 9.17) is 0 Å². The van der Waals surface area contributed by atoms with Gasteiger partial charge < -0.3 is 0 Å². The predicted octanol–water partition coefficient (Wildman–Crippen LogP) is 0.548. The van der Waals surface area contributed by atoms with Gasteiger partial charge >= 0.3 is 0 Å². The number of nitro groups is 1. The van der Waals surface area contributed by atoms with E-state index in [1.54, 1.807) is 29.2 Å². The molecule has 2 heterocycles. The quantitative estimate of drug-likeness (QED) is 0.525. The van der Waals surface area contributed by atoms with Gasteiger partial charge in [0.15, 0.2) is 5.65 Å². The van der Waals surface area contributed by atoms with Crippen LogP contribution >= 0.6 is 0 Å². The van der Waals surface area contributed by atoms with Gasteiger partial charge in [-0.3, -0.25) is 10.1 Å². The first-order valence-electron chi connectivity index (χ1n) is 4.16. The van der Waals surface area contributed by atoms with Gasteiger partial charge in [-0.2, -0.15) is 5.10 Å². The molecule has 0 fully saturated rings. The van der Waals surface area contributed by atoms with Gasteiger partial charge in [-0.15, -0.1) is 0 Å². The maximum atomic E-state index is 10.1. The summed E-state index contributed by atoms with van der Waals surface area (Å²) < 4.78 is 1.61. The molecule has 0 aliphatic heterocycles. The number of rotatable bonds is 3. The van der Waals surface area contributed by atoms with Crippen molar-refractivity contribution in [3.8, 4) is 0 Å². The molecule has 0 bridgehead atoms. The van der Waals surface area contributed by atoms with E-state index in [1.165, 1.54) is 0 Å². The lowest BCUT2D eigenvalue weighted by Gasteiger charge is -1.97. The molecule has 6 nitrogen and oxygen atoms in total. The minimum absolute atomic E-state index is 0.0749. The number of nitrogens with zero attached hydrogens (tertiary/aromatic N) is 4. The molecular formula is C8H8N4O2. The number of fused-ring (bicyclic) bond motifs is 1. The average molecular weight is 192 g/mol. The Labute approximate surface area is 79.3 Å². The summed E-state index contributed by atoms with van der Waals surface area (Å²) in [5, 5.41) is 14.1. The molecule has 0 spiro atoms. The molecule has 14 heavy (non-hydrogen) atoms. The second kappa shape index (κ2) is 3.41. The van der Waals surface area contributed by atoms with E-state index in [0.717, 1.165) is 11.2 Å². The lowest BCUT2D eigenvalue weighted by molar-refractivity contribution is -0.479. The molecule has 2 aromatic rings. The standard InChI is InChI=1S/C8H8N4O2/c13-12(14)4-2-7-5-9-8-1-3-10-11(8)6-7/h1,3,5-6H,2,4H2. The zero-order valence-electron chi connectivity index (χ0n) is 7.33. The highest BCUT2D eigenvalue weighted by molar-refractivity contribution is 5.35. The van der Waals surface area contributed by atoms with E-state index >= 15 is 0 Å². The third-order valence-corrected chi connectivity index (χ3v) is 1.88. The van der Waals surface area contributed by atoms with Gasteiger partial charge in [-0.1, -0.05) is 0 Å². The molecule has 0 aliphatic rings. The van der Waals surface area contributed by atoms with Gasteiger partial charge in [0.1, 0.15) is 0 Å². The van der Waals surface area contributed by atoms with Crippen molar-refractivity contribution in [1.82, 2.24) is 14.6 Å². The van der Waals surface area contributed by atoms with Crippen LogP contribution in [-0.4, -0.2) is 26.1 Å². The zero-order valence-corrected chi connectivity index (χ0v) is 7.33. The van der Waals surface area contributed by atoms with E-state index < -0.39 is 0 Å². The van der Waals surface area contributed by atoms with Crippen molar-refractivity contribution in [3.05, 3.63) is 40.3 Å². The van der Waals surface area contributed by atoms with Crippen LogP contribution in [0, 0.1) is 10.1 Å². The van der Waals surface area contributed by atoms with Crippen LogP contribution in [0.4, 0.5) is 0 Å². The van der Waals surface area contributed by atoms with Gasteiger partial charge in [0, 0.05) is 29.8 Å². The molecule has 0 amide bonds. The van der Waals surface area contributed by atoms with Crippen LogP contribution in [0.3, 0.4) is 0 Å². The second-order valence-corrected chi connectivity index (χ2v) is 2.90. The molecule has 2 rings (SSSR count). The highest BCUT2D eigenvalue weighted by Gasteiger charge is 2.02. The summed E-state index contributed by atoms with van der Waals surface area (Å²) in [6.07, 6.45) is 5.42. The Kier molecular flexibility index (Phi) is 2.10. The topological polar surface area (TPSA) is 73.3 Å². The predicted molar refractivity (Wildman–Crippen MR) is 48.6 cm³/mol. The maximum absolute atomic E-state index is 10.1. The first-order chi connectivity index (χ1) is 6.75. The Morgan fingerprint density at radius 2 is 2.43 bits per heavy atom. The molecule has 0 N–H and O–H groups in total. The second-order valence-electron chi connectivity index (χ2n) is 2.90. The van der Waals surface area contributed by atoms with Gasteiger partial charge in [-0.05, 0) is 5.56 Å². The van der Waals surface area contributed by atoms with Crippen LogP contribution < -0.4 is 0 Å². The minimum Gasteiger partial charge on any atom is -0.265 e. The van der Waals surface area contributed by atoms with Crippen molar-refractivity contribution in [2.75, 3.05) is 6.54 Å². The third kappa shape index (κ3) is 1.68. The summed E-state index contributed by atoms with van der Waals surface area (Å²) in [4.78, 5) is 13.9. The van der Waals surface area contributed by atoms with Crippen molar-refractivity contribution < 1.29 is 4.92 Å². The summed E-state index contributed by atoms with van der Waals surface area (Å²) in [5.74, 6) is 0. The van der Waals surface area contributed by atoms with Gasteiger partial charge in [-0.25, -0.2) is 9.50 Å². The fourth-order valence-corrected chi connectivity index (χ4v) is 1.20. The Morgan fingerprint density at radius 1 is 1.57 bits per heavy atom. The smallest absolute Gasteiger partial charge is 0.208 e. The van der Waals surface area contributed by atoms with Crippen molar-refractivity contribution >= 4 is 5.65 Å². The SMILES string of the molecule is O=[N+]([O-])CCc1cnc2ccnn2c1. The monoisotopic (exact) mass is 192 g/mol. The summed E-state index contributed by atoms with van der Waals surface area (Å²) in [6.45, 7) is -0.0749. The molecule has 0 unspecified atom stereocenters. The van der Waals surface area contributed by atoms with Gasteiger partial charge in [0.2, 0.25) is 6.54 Å². The van der Waals surface area contributed by atoms with E-state index in [0.29, 0.717) is 6.42 Å². The van der Waals surface area contributed by atoms with Crippen LogP contribution in [0.1, 0.15) is 5.56 Å². The molecule has 6 heteroatoms. The molecule has 0 atom stereocenters. The summed E-state index contributed by atoms with van der Waals surface area (Å²) in [7, 11) is 0. The van der Waals surface area contributed by atoms with Crippen LogP contribution in [0.5, 0.6) is 0 Å². The summed E-state index contributed by atoms with van der Waals surface area (Å²) >= 11 is 0. The van der Waals surface area contributed by atoms with E-state index in [2.05, 4.69) is 10.1 Å². The van der Waals surface area contributed by atoms with Crippen molar-refractivity contribution in [2.24, 2.45) is 0 Å². The van der Waals surface area contributed by atoms with Crippen molar-refractivity contribution in [2.45, 2.75) is 6.42 Å². The first kappa shape index (κ1) is 8.61. The number of hydrogen-bond donors (Lipinski definition) is 0. The van der Waals surface area contributed by atoms with Crippen LogP contribution in [-0.2, 0) is 6.42 Å². The Balaban J connectivity index is 2.21. The molecule has 2 aromatic heterocycles. The fourth-order valence-electron chi connectivity index (χ4n) is 1.20. The molecule has 0 aromatic carbocycles. The lowest BCUT2D eigenvalue weighted by Crippen LogP contribution is -2.05. The van der Waals surface area contributed by atoms with Crippen molar-refractivity contribution in [3.63, 3.8) is 0 Å². The Hall–Kier alpha value is -1.98. The number of hydrogen-bond acceptors (Lipinski definition) is 4. The maximum Gasteiger partial charge on any atom is 0.208 e. The van der Waals surface area contributed by atoms with Crippen LogP contribution in [0.25, 0.3) is 5.65 Å². The first-order valence-corrected chi connectivity index (χ1v) is 4.16.